The summed E-state index contributed by atoms with van der Waals surface area (Å²) < 4.78 is 0. The molecule has 1 aliphatic carbocycles. The van der Waals surface area contributed by atoms with Crippen molar-refractivity contribution in [2.75, 3.05) is 18.4 Å². The minimum atomic E-state index is -0.163. The Balaban J connectivity index is 1.91. The Kier molecular flexibility index (Phi) is 4.42. The summed E-state index contributed by atoms with van der Waals surface area (Å²) in [4.78, 5) is 26.0. The van der Waals surface area contributed by atoms with Crippen LogP contribution in [-0.4, -0.2) is 29.8 Å². The number of hydrogen-bond acceptors (Lipinski definition) is 2. The molecule has 2 atom stereocenters. The maximum absolute atomic E-state index is 12.1. The highest BCUT2D eigenvalue weighted by atomic mass is 16.2. The van der Waals surface area contributed by atoms with Crippen molar-refractivity contribution in [3.05, 3.63) is 29.8 Å². The van der Waals surface area contributed by atoms with Crippen molar-refractivity contribution in [3.63, 3.8) is 0 Å². The molecule has 4 nitrogen and oxygen atoms in total. The van der Waals surface area contributed by atoms with E-state index in [0.717, 1.165) is 11.3 Å². The lowest BCUT2D eigenvalue weighted by Crippen LogP contribution is -2.33. The topological polar surface area (TPSA) is 49.4 Å². The molecule has 108 valence electrons. The lowest BCUT2D eigenvalue weighted by molar-refractivity contribution is -0.133. The Morgan fingerprint density at radius 2 is 1.95 bits per heavy atom. The van der Waals surface area contributed by atoms with Crippen LogP contribution in [0.15, 0.2) is 24.3 Å². The number of anilines is 1. The molecule has 2 rings (SSSR count). The summed E-state index contributed by atoms with van der Waals surface area (Å²) in [6.45, 7) is 7.33. The van der Waals surface area contributed by atoms with Gasteiger partial charge in [-0.05, 0) is 44.9 Å². The molecule has 0 heterocycles. The minimum Gasteiger partial charge on any atom is -0.343 e. The van der Waals surface area contributed by atoms with Gasteiger partial charge in [0.2, 0.25) is 11.8 Å². The van der Waals surface area contributed by atoms with Gasteiger partial charge in [-0.3, -0.25) is 9.59 Å². The summed E-state index contributed by atoms with van der Waals surface area (Å²) in [5.41, 5.74) is 1.91. The third-order valence-electron chi connectivity index (χ3n) is 3.81. The van der Waals surface area contributed by atoms with Gasteiger partial charge < -0.3 is 10.2 Å². The normalized spacial score (nSPS) is 20.4. The number of aryl methyl sites for hydroxylation is 1. The summed E-state index contributed by atoms with van der Waals surface area (Å²) in [7, 11) is 0. The lowest BCUT2D eigenvalue weighted by Gasteiger charge is -2.18. The quantitative estimate of drug-likeness (QED) is 0.896. The molecule has 0 radical (unpaired) electrons. The van der Waals surface area contributed by atoms with Gasteiger partial charge in [0.05, 0.1) is 11.8 Å². The third kappa shape index (κ3) is 3.18. The maximum atomic E-state index is 12.1. The predicted molar refractivity (Wildman–Crippen MR) is 79.3 cm³/mol. The van der Waals surface area contributed by atoms with E-state index in [4.69, 9.17) is 0 Å². The number of rotatable bonds is 5. The maximum Gasteiger partial charge on any atom is 0.228 e. The smallest absolute Gasteiger partial charge is 0.228 e. The molecule has 1 fully saturated rings. The van der Waals surface area contributed by atoms with Crippen LogP contribution >= 0.6 is 0 Å². The second-order valence-electron chi connectivity index (χ2n) is 5.32. The van der Waals surface area contributed by atoms with Gasteiger partial charge in [0.15, 0.2) is 0 Å². The molecular formula is C16H22N2O2. The van der Waals surface area contributed by atoms with Gasteiger partial charge in [0, 0.05) is 18.8 Å². The van der Waals surface area contributed by atoms with Crippen LogP contribution < -0.4 is 5.32 Å². The van der Waals surface area contributed by atoms with E-state index in [-0.39, 0.29) is 23.7 Å². The zero-order valence-corrected chi connectivity index (χ0v) is 12.3. The average Bonchev–Trinajstić information content (AvgIpc) is 3.20. The van der Waals surface area contributed by atoms with E-state index in [1.807, 2.05) is 45.0 Å². The van der Waals surface area contributed by atoms with Gasteiger partial charge in [0.1, 0.15) is 0 Å². The Labute approximate surface area is 120 Å². The van der Waals surface area contributed by atoms with Gasteiger partial charge in [0.25, 0.3) is 0 Å². The zero-order chi connectivity index (χ0) is 14.7. The summed E-state index contributed by atoms with van der Waals surface area (Å²) in [5.74, 6) is -0.219. The molecule has 0 bridgehead atoms. The fourth-order valence-corrected chi connectivity index (χ4v) is 2.49. The number of nitrogens with zero attached hydrogens (tertiary/aromatic N) is 1. The highest BCUT2D eigenvalue weighted by molar-refractivity contribution is 5.99. The molecule has 4 heteroatoms. The fraction of sp³-hybridized carbons (Fsp3) is 0.500. The number of nitrogens with one attached hydrogen (secondary N) is 1. The van der Waals surface area contributed by atoms with E-state index in [1.54, 1.807) is 4.90 Å². The standard InChI is InChI=1S/C16H22N2O2/c1-4-18(5-2)16(20)14-10-13(14)15(19)17-12-8-6-7-11(3)9-12/h6-9,13-14H,4-5,10H2,1-3H3,(H,17,19). The number of amides is 2. The Hall–Kier alpha value is -1.84. The van der Waals surface area contributed by atoms with Gasteiger partial charge in [-0.1, -0.05) is 12.1 Å². The summed E-state index contributed by atoms with van der Waals surface area (Å²) in [6.07, 6.45) is 0.674. The number of benzene rings is 1. The monoisotopic (exact) mass is 274 g/mol. The molecule has 1 aromatic carbocycles. The first-order valence-electron chi connectivity index (χ1n) is 7.23. The second kappa shape index (κ2) is 6.07. The Morgan fingerprint density at radius 1 is 1.25 bits per heavy atom. The van der Waals surface area contributed by atoms with E-state index >= 15 is 0 Å². The number of carbonyl (C=O) groups is 2. The van der Waals surface area contributed by atoms with Crippen LogP contribution in [0.3, 0.4) is 0 Å². The van der Waals surface area contributed by atoms with Crippen LogP contribution in [0.5, 0.6) is 0 Å². The predicted octanol–water partition coefficient (Wildman–Crippen LogP) is 2.44. The van der Waals surface area contributed by atoms with Crippen molar-refractivity contribution >= 4 is 17.5 Å². The van der Waals surface area contributed by atoms with E-state index in [2.05, 4.69) is 5.32 Å². The highest BCUT2D eigenvalue weighted by Crippen LogP contribution is 2.40. The van der Waals surface area contributed by atoms with Crippen LogP contribution in [0.25, 0.3) is 0 Å². The van der Waals surface area contributed by atoms with Crippen LogP contribution in [0.4, 0.5) is 5.69 Å². The summed E-state index contributed by atoms with van der Waals surface area (Å²) >= 11 is 0. The molecule has 0 saturated heterocycles. The van der Waals surface area contributed by atoms with Crippen molar-refractivity contribution < 1.29 is 9.59 Å². The van der Waals surface area contributed by atoms with Crippen molar-refractivity contribution in [3.8, 4) is 0 Å². The van der Waals surface area contributed by atoms with E-state index < -0.39 is 0 Å². The van der Waals surface area contributed by atoms with Gasteiger partial charge in [-0.25, -0.2) is 0 Å². The van der Waals surface area contributed by atoms with E-state index in [0.29, 0.717) is 19.5 Å². The SMILES string of the molecule is CCN(CC)C(=O)C1CC1C(=O)Nc1cccc(C)c1. The number of hydrogen-bond donors (Lipinski definition) is 1. The third-order valence-corrected chi connectivity index (χ3v) is 3.81. The number of carbonyl (C=O) groups excluding carboxylic acids is 2. The summed E-state index contributed by atoms with van der Waals surface area (Å²) in [5, 5.41) is 2.89. The molecule has 1 aliphatic rings. The second-order valence-corrected chi connectivity index (χ2v) is 5.32. The van der Waals surface area contributed by atoms with Gasteiger partial charge in [-0.15, -0.1) is 0 Å². The van der Waals surface area contributed by atoms with Crippen molar-refractivity contribution in [2.45, 2.75) is 27.2 Å². The first kappa shape index (κ1) is 14.6. The minimum absolute atomic E-state index is 0.0406. The van der Waals surface area contributed by atoms with Crippen molar-refractivity contribution in [1.29, 1.82) is 0 Å². The van der Waals surface area contributed by atoms with E-state index in [9.17, 15) is 9.59 Å². The summed E-state index contributed by atoms with van der Waals surface area (Å²) in [6, 6.07) is 7.70. The Morgan fingerprint density at radius 3 is 2.55 bits per heavy atom. The Bertz CT molecular complexity index is 509. The van der Waals surface area contributed by atoms with Crippen LogP contribution in [0.2, 0.25) is 0 Å². The first-order chi connectivity index (χ1) is 9.56. The molecule has 1 saturated carbocycles. The molecule has 1 N–H and O–H groups in total. The molecule has 2 amide bonds. The van der Waals surface area contributed by atoms with Crippen molar-refractivity contribution in [1.82, 2.24) is 4.90 Å². The van der Waals surface area contributed by atoms with Crippen LogP contribution in [0, 0.1) is 18.8 Å². The van der Waals surface area contributed by atoms with Crippen LogP contribution in [0.1, 0.15) is 25.8 Å². The molecule has 20 heavy (non-hydrogen) atoms. The van der Waals surface area contributed by atoms with Crippen LogP contribution in [-0.2, 0) is 9.59 Å². The molecule has 0 spiro atoms. The zero-order valence-electron chi connectivity index (χ0n) is 12.3. The molecule has 1 aromatic rings. The molecule has 0 aliphatic heterocycles. The molecular weight excluding hydrogens is 252 g/mol. The van der Waals surface area contributed by atoms with E-state index in [1.165, 1.54) is 0 Å². The molecule has 0 aromatic heterocycles. The lowest BCUT2D eigenvalue weighted by atomic mass is 10.2. The van der Waals surface area contributed by atoms with Crippen molar-refractivity contribution in [2.24, 2.45) is 11.8 Å². The van der Waals surface area contributed by atoms with Gasteiger partial charge >= 0.3 is 0 Å². The molecule has 2 unspecified atom stereocenters. The fourth-order valence-electron chi connectivity index (χ4n) is 2.49. The first-order valence-corrected chi connectivity index (χ1v) is 7.23. The average molecular weight is 274 g/mol. The highest BCUT2D eigenvalue weighted by Gasteiger charge is 2.49. The largest absolute Gasteiger partial charge is 0.343 e. The van der Waals surface area contributed by atoms with Gasteiger partial charge in [-0.2, -0.15) is 0 Å².